The highest BCUT2D eigenvalue weighted by atomic mass is 16.3. The van der Waals surface area contributed by atoms with Gasteiger partial charge in [0.2, 0.25) is 0 Å². The number of furan rings is 1. The van der Waals surface area contributed by atoms with Crippen LogP contribution in [0.4, 0.5) is 0 Å². The van der Waals surface area contributed by atoms with Crippen molar-refractivity contribution in [2.75, 3.05) is 6.54 Å². The highest BCUT2D eigenvalue weighted by Crippen LogP contribution is 2.28. The minimum absolute atomic E-state index is 0.775. The van der Waals surface area contributed by atoms with Crippen molar-refractivity contribution in [3.8, 4) is 11.3 Å². The number of rotatable bonds is 5. The third-order valence-electron chi connectivity index (χ3n) is 3.30. The fraction of sp³-hybridized carbons (Fsp3) is 0.235. The van der Waals surface area contributed by atoms with E-state index in [0.29, 0.717) is 0 Å². The molecule has 0 bridgehead atoms. The standard InChI is InChI=1S/C17H18N2O/c1-2-10-18-12-13-8-9-17(20-13)15-5-3-7-16-14(15)6-4-11-19-16/h3-9,11,18H,2,10,12H2,1H3. The van der Waals surface area contributed by atoms with Gasteiger partial charge in [0.25, 0.3) is 0 Å². The molecule has 0 fully saturated rings. The smallest absolute Gasteiger partial charge is 0.135 e. The molecule has 3 rings (SSSR count). The van der Waals surface area contributed by atoms with Crippen molar-refractivity contribution in [2.24, 2.45) is 0 Å². The molecule has 1 aromatic carbocycles. The monoisotopic (exact) mass is 266 g/mol. The van der Waals surface area contributed by atoms with Gasteiger partial charge >= 0.3 is 0 Å². The molecule has 0 atom stereocenters. The SMILES string of the molecule is CCCNCc1ccc(-c2cccc3ncccc23)o1. The summed E-state index contributed by atoms with van der Waals surface area (Å²) in [5, 5.41) is 4.47. The maximum atomic E-state index is 5.93. The van der Waals surface area contributed by atoms with Crippen LogP contribution in [0.5, 0.6) is 0 Å². The zero-order chi connectivity index (χ0) is 13.8. The number of hydrogen-bond acceptors (Lipinski definition) is 3. The van der Waals surface area contributed by atoms with Gasteiger partial charge in [0.1, 0.15) is 11.5 Å². The second-order valence-electron chi connectivity index (χ2n) is 4.82. The number of hydrogen-bond donors (Lipinski definition) is 1. The Morgan fingerprint density at radius 1 is 1.10 bits per heavy atom. The van der Waals surface area contributed by atoms with Crippen LogP contribution < -0.4 is 5.32 Å². The van der Waals surface area contributed by atoms with Crippen LogP contribution in [-0.2, 0) is 6.54 Å². The van der Waals surface area contributed by atoms with Crippen LogP contribution >= 0.6 is 0 Å². The van der Waals surface area contributed by atoms with Gasteiger partial charge in [-0.3, -0.25) is 4.98 Å². The topological polar surface area (TPSA) is 38.1 Å². The van der Waals surface area contributed by atoms with Crippen molar-refractivity contribution in [1.29, 1.82) is 0 Å². The van der Waals surface area contributed by atoms with E-state index in [2.05, 4.69) is 29.4 Å². The third kappa shape index (κ3) is 2.58. The Hall–Kier alpha value is -2.13. The third-order valence-corrected chi connectivity index (χ3v) is 3.30. The van der Waals surface area contributed by atoms with Crippen molar-refractivity contribution in [3.05, 3.63) is 54.4 Å². The molecule has 0 aliphatic carbocycles. The summed E-state index contributed by atoms with van der Waals surface area (Å²) in [6.45, 7) is 3.94. The maximum Gasteiger partial charge on any atom is 0.135 e. The molecule has 3 heteroatoms. The second-order valence-corrected chi connectivity index (χ2v) is 4.82. The number of fused-ring (bicyclic) bond motifs is 1. The molecular formula is C17H18N2O. The van der Waals surface area contributed by atoms with E-state index in [9.17, 15) is 0 Å². The minimum Gasteiger partial charge on any atom is -0.460 e. The molecule has 0 unspecified atom stereocenters. The van der Waals surface area contributed by atoms with Crippen LogP contribution in [0.15, 0.2) is 53.1 Å². The zero-order valence-electron chi connectivity index (χ0n) is 11.6. The Morgan fingerprint density at radius 2 is 2.05 bits per heavy atom. The summed E-state index contributed by atoms with van der Waals surface area (Å²) in [6.07, 6.45) is 2.94. The van der Waals surface area contributed by atoms with Crippen LogP contribution in [0, 0.1) is 0 Å². The fourth-order valence-electron chi connectivity index (χ4n) is 2.32. The molecule has 0 saturated carbocycles. The van der Waals surface area contributed by atoms with Gasteiger partial charge in [-0.1, -0.05) is 25.1 Å². The Balaban J connectivity index is 1.91. The van der Waals surface area contributed by atoms with Crippen molar-refractivity contribution >= 4 is 10.9 Å². The van der Waals surface area contributed by atoms with E-state index < -0.39 is 0 Å². The van der Waals surface area contributed by atoms with Gasteiger partial charge in [0, 0.05) is 17.1 Å². The van der Waals surface area contributed by atoms with Gasteiger partial charge in [0.15, 0.2) is 0 Å². The molecule has 3 aromatic rings. The van der Waals surface area contributed by atoms with Gasteiger partial charge in [-0.15, -0.1) is 0 Å². The van der Waals surface area contributed by atoms with E-state index in [4.69, 9.17) is 4.42 Å². The van der Waals surface area contributed by atoms with Crippen molar-refractivity contribution in [2.45, 2.75) is 19.9 Å². The summed E-state index contributed by atoms with van der Waals surface area (Å²) >= 11 is 0. The molecule has 0 spiro atoms. The minimum atomic E-state index is 0.775. The molecule has 2 heterocycles. The summed E-state index contributed by atoms with van der Waals surface area (Å²) in [5.74, 6) is 1.87. The fourth-order valence-corrected chi connectivity index (χ4v) is 2.32. The number of nitrogens with one attached hydrogen (secondary N) is 1. The summed E-state index contributed by atoms with van der Waals surface area (Å²) < 4.78 is 5.93. The van der Waals surface area contributed by atoms with E-state index in [1.54, 1.807) is 0 Å². The largest absolute Gasteiger partial charge is 0.460 e. The predicted octanol–water partition coefficient (Wildman–Crippen LogP) is 3.99. The lowest BCUT2D eigenvalue weighted by Gasteiger charge is -2.03. The van der Waals surface area contributed by atoms with Crippen LogP contribution in [0.2, 0.25) is 0 Å². The lowest BCUT2D eigenvalue weighted by molar-refractivity contribution is 0.494. The number of aromatic nitrogens is 1. The average molecular weight is 266 g/mol. The number of nitrogens with zero attached hydrogens (tertiary/aromatic N) is 1. The summed E-state index contributed by atoms with van der Waals surface area (Å²) in [7, 11) is 0. The van der Waals surface area contributed by atoms with Crippen LogP contribution in [0.25, 0.3) is 22.2 Å². The molecule has 102 valence electrons. The maximum absolute atomic E-state index is 5.93. The average Bonchev–Trinajstić information content (AvgIpc) is 2.96. The quantitative estimate of drug-likeness (QED) is 0.709. The summed E-state index contributed by atoms with van der Waals surface area (Å²) in [6, 6.07) is 14.2. The van der Waals surface area contributed by atoms with Crippen LogP contribution in [-0.4, -0.2) is 11.5 Å². The Labute approximate surface area is 118 Å². The Kier molecular flexibility index (Phi) is 3.79. The molecule has 0 radical (unpaired) electrons. The van der Waals surface area contributed by atoms with E-state index in [0.717, 1.165) is 47.5 Å². The van der Waals surface area contributed by atoms with Gasteiger partial charge in [-0.2, -0.15) is 0 Å². The lowest BCUT2D eigenvalue weighted by atomic mass is 10.1. The highest BCUT2D eigenvalue weighted by Gasteiger charge is 2.08. The Bertz CT molecular complexity index is 698. The first-order valence-corrected chi connectivity index (χ1v) is 7.02. The van der Waals surface area contributed by atoms with E-state index >= 15 is 0 Å². The molecule has 3 nitrogen and oxygen atoms in total. The van der Waals surface area contributed by atoms with Gasteiger partial charge in [0.05, 0.1) is 12.1 Å². The van der Waals surface area contributed by atoms with Crippen molar-refractivity contribution < 1.29 is 4.42 Å². The van der Waals surface area contributed by atoms with E-state index in [-0.39, 0.29) is 0 Å². The van der Waals surface area contributed by atoms with Gasteiger partial charge in [-0.25, -0.2) is 0 Å². The first-order chi connectivity index (χ1) is 9.88. The molecule has 20 heavy (non-hydrogen) atoms. The molecule has 0 saturated heterocycles. The molecule has 0 aliphatic rings. The molecule has 0 amide bonds. The van der Waals surface area contributed by atoms with Gasteiger partial charge < -0.3 is 9.73 Å². The number of pyridine rings is 1. The van der Waals surface area contributed by atoms with Crippen LogP contribution in [0.3, 0.4) is 0 Å². The second kappa shape index (κ2) is 5.88. The normalized spacial score (nSPS) is 11.1. The van der Waals surface area contributed by atoms with Crippen LogP contribution in [0.1, 0.15) is 19.1 Å². The molecular weight excluding hydrogens is 248 g/mol. The summed E-state index contributed by atoms with van der Waals surface area (Å²) in [5.41, 5.74) is 2.09. The first-order valence-electron chi connectivity index (χ1n) is 7.02. The number of benzene rings is 1. The highest BCUT2D eigenvalue weighted by molar-refractivity contribution is 5.93. The van der Waals surface area contributed by atoms with E-state index in [1.165, 1.54) is 0 Å². The first kappa shape index (κ1) is 12.9. The Morgan fingerprint density at radius 3 is 2.95 bits per heavy atom. The molecule has 1 N–H and O–H groups in total. The lowest BCUT2D eigenvalue weighted by Crippen LogP contribution is -2.12. The zero-order valence-corrected chi connectivity index (χ0v) is 11.6. The van der Waals surface area contributed by atoms with Crippen molar-refractivity contribution in [1.82, 2.24) is 10.3 Å². The molecule has 2 aromatic heterocycles. The summed E-state index contributed by atoms with van der Waals surface area (Å²) in [4.78, 5) is 4.38. The van der Waals surface area contributed by atoms with Gasteiger partial charge in [-0.05, 0) is 37.2 Å². The van der Waals surface area contributed by atoms with Crippen molar-refractivity contribution in [3.63, 3.8) is 0 Å². The molecule has 0 aliphatic heterocycles. The van der Waals surface area contributed by atoms with E-state index in [1.807, 2.05) is 36.5 Å². The predicted molar refractivity (Wildman–Crippen MR) is 81.4 cm³/mol.